The lowest BCUT2D eigenvalue weighted by Gasteiger charge is -2.38. The molecule has 1 aliphatic rings. The van der Waals surface area contributed by atoms with Crippen molar-refractivity contribution >= 4 is 5.97 Å². The maximum Gasteiger partial charge on any atom is 0.328 e. The minimum absolute atomic E-state index is 0.0133. The Bertz CT molecular complexity index is 450. The van der Waals surface area contributed by atoms with Gasteiger partial charge in [0.05, 0.1) is 0 Å². The second-order valence-electron chi connectivity index (χ2n) is 6.47. The van der Waals surface area contributed by atoms with Gasteiger partial charge in [-0.25, -0.2) is 4.79 Å². The molecule has 0 spiro atoms. The smallest absolute Gasteiger partial charge is 0.328 e. The first kappa shape index (κ1) is 16.0. The summed E-state index contributed by atoms with van der Waals surface area (Å²) in [6, 6.07) is 9.93. The van der Waals surface area contributed by atoms with Gasteiger partial charge in [0, 0.05) is 6.04 Å². The summed E-state index contributed by atoms with van der Waals surface area (Å²) >= 11 is 0. The summed E-state index contributed by atoms with van der Waals surface area (Å²) in [7, 11) is 0. The summed E-state index contributed by atoms with van der Waals surface area (Å²) in [6.45, 7) is 3.98. The molecule has 0 aliphatic heterocycles. The van der Waals surface area contributed by atoms with Crippen molar-refractivity contribution in [1.82, 2.24) is 5.32 Å². The highest BCUT2D eigenvalue weighted by Crippen LogP contribution is 2.32. The van der Waals surface area contributed by atoms with Crippen LogP contribution >= 0.6 is 0 Å². The molecule has 1 atom stereocenters. The third kappa shape index (κ3) is 3.46. The molecule has 0 aromatic heterocycles. The molecular formula is C18H27NO2. The molecule has 2 N–H and O–H groups in total. The second-order valence-corrected chi connectivity index (χ2v) is 6.47. The Morgan fingerprint density at radius 2 is 1.71 bits per heavy atom. The normalized spacial score (nSPS) is 20.0. The maximum absolute atomic E-state index is 12.2. The maximum atomic E-state index is 12.2. The van der Waals surface area contributed by atoms with Crippen LogP contribution in [-0.4, -0.2) is 17.1 Å². The second kappa shape index (κ2) is 7.08. The molecule has 1 aromatic rings. The molecule has 1 aliphatic carbocycles. The first-order valence-corrected chi connectivity index (χ1v) is 8.14. The van der Waals surface area contributed by atoms with Crippen LogP contribution in [0.15, 0.2) is 30.3 Å². The molecular weight excluding hydrogens is 262 g/mol. The molecule has 0 heterocycles. The van der Waals surface area contributed by atoms with E-state index in [-0.39, 0.29) is 5.92 Å². The van der Waals surface area contributed by atoms with Gasteiger partial charge in [-0.2, -0.15) is 0 Å². The number of aliphatic carboxylic acids is 1. The Morgan fingerprint density at radius 3 is 2.19 bits per heavy atom. The van der Waals surface area contributed by atoms with Gasteiger partial charge in [-0.15, -0.1) is 0 Å². The van der Waals surface area contributed by atoms with Crippen LogP contribution in [0.25, 0.3) is 0 Å². The van der Waals surface area contributed by atoms with Crippen molar-refractivity contribution in [3.63, 3.8) is 0 Å². The highest BCUT2D eigenvalue weighted by atomic mass is 16.4. The molecule has 1 aromatic carbocycles. The van der Waals surface area contributed by atoms with Crippen molar-refractivity contribution < 1.29 is 9.90 Å². The molecule has 116 valence electrons. The third-order valence-electron chi connectivity index (χ3n) is 4.72. The first-order valence-electron chi connectivity index (χ1n) is 8.14. The fourth-order valence-electron chi connectivity index (χ4n) is 3.46. The Kier molecular flexibility index (Phi) is 5.40. The van der Waals surface area contributed by atoms with Crippen LogP contribution in [0.2, 0.25) is 0 Å². The van der Waals surface area contributed by atoms with Crippen LogP contribution in [-0.2, 0) is 10.3 Å². The zero-order valence-corrected chi connectivity index (χ0v) is 13.1. The van der Waals surface area contributed by atoms with Crippen molar-refractivity contribution in [2.45, 2.75) is 64.0 Å². The van der Waals surface area contributed by atoms with Gasteiger partial charge >= 0.3 is 5.97 Å². The summed E-state index contributed by atoms with van der Waals surface area (Å²) in [5.74, 6) is -0.784. The van der Waals surface area contributed by atoms with E-state index in [9.17, 15) is 9.90 Å². The van der Waals surface area contributed by atoms with Gasteiger partial charge in [0.15, 0.2) is 0 Å². The van der Waals surface area contributed by atoms with E-state index in [4.69, 9.17) is 0 Å². The van der Waals surface area contributed by atoms with Crippen LogP contribution in [0.5, 0.6) is 0 Å². The highest BCUT2D eigenvalue weighted by molar-refractivity contribution is 5.81. The lowest BCUT2D eigenvalue weighted by molar-refractivity contribution is -0.148. The molecule has 1 unspecified atom stereocenters. The monoisotopic (exact) mass is 289 g/mol. The van der Waals surface area contributed by atoms with Crippen molar-refractivity contribution in [2.75, 3.05) is 0 Å². The molecule has 3 heteroatoms. The highest BCUT2D eigenvalue weighted by Gasteiger charge is 2.44. The Hall–Kier alpha value is -1.35. The number of rotatable bonds is 5. The third-order valence-corrected chi connectivity index (χ3v) is 4.72. The summed E-state index contributed by atoms with van der Waals surface area (Å²) < 4.78 is 0. The van der Waals surface area contributed by atoms with Crippen LogP contribution in [0.3, 0.4) is 0 Å². The van der Waals surface area contributed by atoms with Gasteiger partial charge in [-0.05, 0) is 24.3 Å². The van der Waals surface area contributed by atoms with Crippen molar-refractivity contribution in [3.8, 4) is 0 Å². The number of hydrogen-bond donors (Lipinski definition) is 2. The average molecular weight is 289 g/mol. The van der Waals surface area contributed by atoms with Gasteiger partial charge in [0.25, 0.3) is 0 Å². The molecule has 0 bridgehead atoms. The lowest BCUT2D eigenvalue weighted by atomic mass is 9.78. The number of benzene rings is 1. The van der Waals surface area contributed by atoms with Crippen LogP contribution in [0.4, 0.5) is 0 Å². The fraction of sp³-hybridized carbons (Fsp3) is 0.611. The minimum Gasteiger partial charge on any atom is -0.480 e. The lowest BCUT2D eigenvalue weighted by Crippen LogP contribution is -2.56. The molecule has 0 radical (unpaired) electrons. The van der Waals surface area contributed by atoms with E-state index in [2.05, 4.69) is 5.32 Å². The van der Waals surface area contributed by atoms with E-state index >= 15 is 0 Å². The fourth-order valence-corrected chi connectivity index (χ4v) is 3.46. The zero-order valence-electron chi connectivity index (χ0n) is 13.1. The van der Waals surface area contributed by atoms with E-state index in [0.717, 1.165) is 18.4 Å². The van der Waals surface area contributed by atoms with Gasteiger partial charge < -0.3 is 5.11 Å². The van der Waals surface area contributed by atoms with E-state index in [1.54, 1.807) is 0 Å². The van der Waals surface area contributed by atoms with Gasteiger partial charge in [0.1, 0.15) is 5.54 Å². The van der Waals surface area contributed by atoms with E-state index in [0.29, 0.717) is 6.04 Å². The predicted octanol–water partition coefficient (Wildman–Crippen LogP) is 3.93. The Labute approximate surface area is 127 Å². The van der Waals surface area contributed by atoms with E-state index in [1.165, 1.54) is 25.7 Å². The largest absolute Gasteiger partial charge is 0.480 e. The van der Waals surface area contributed by atoms with Crippen molar-refractivity contribution in [1.29, 1.82) is 0 Å². The summed E-state index contributed by atoms with van der Waals surface area (Å²) in [5.41, 5.74) is -0.132. The van der Waals surface area contributed by atoms with Crippen LogP contribution in [0.1, 0.15) is 57.9 Å². The number of carboxylic acids is 1. The van der Waals surface area contributed by atoms with Crippen molar-refractivity contribution in [2.24, 2.45) is 5.92 Å². The molecule has 21 heavy (non-hydrogen) atoms. The Balaban J connectivity index is 2.33. The quantitative estimate of drug-likeness (QED) is 0.807. The zero-order chi connectivity index (χ0) is 15.3. The number of carboxylic acid groups (broad SMARTS) is 1. The Morgan fingerprint density at radius 1 is 1.14 bits per heavy atom. The predicted molar refractivity (Wildman–Crippen MR) is 85.2 cm³/mol. The molecule has 0 saturated heterocycles. The van der Waals surface area contributed by atoms with Crippen LogP contribution in [0, 0.1) is 5.92 Å². The van der Waals surface area contributed by atoms with Gasteiger partial charge in [-0.1, -0.05) is 69.9 Å². The summed E-state index contributed by atoms with van der Waals surface area (Å²) in [5, 5.41) is 13.5. The topological polar surface area (TPSA) is 49.3 Å². The standard InChI is InChI=1S/C18H27NO2/c1-14(2)18(17(20)21,15-10-6-5-7-11-15)19-16-12-8-3-4-9-13-16/h5-7,10-11,14,16,19H,3-4,8-9,12-13H2,1-2H3,(H,20,21). The van der Waals surface area contributed by atoms with Gasteiger partial charge in [0.2, 0.25) is 0 Å². The molecule has 2 rings (SSSR count). The van der Waals surface area contributed by atoms with Gasteiger partial charge in [-0.3, -0.25) is 5.32 Å². The molecule has 0 amide bonds. The number of carbonyl (C=O) groups is 1. The molecule has 1 fully saturated rings. The first-order chi connectivity index (χ1) is 10.1. The van der Waals surface area contributed by atoms with E-state index < -0.39 is 11.5 Å². The summed E-state index contributed by atoms with van der Waals surface area (Å²) in [6.07, 6.45) is 7.08. The van der Waals surface area contributed by atoms with Crippen molar-refractivity contribution in [3.05, 3.63) is 35.9 Å². The summed E-state index contributed by atoms with van der Waals surface area (Å²) in [4.78, 5) is 12.2. The molecule has 1 saturated carbocycles. The number of hydrogen-bond acceptors (Lipinski definition) is 2. The van der Waals surface area contributed by atoms with Crippen LogP contribution < -0.4 is 5.32 Å². The number of nitrogens with one attached hydrogen (secondary N) is 1. The average Bonchev–Trinajstić information content (AvgIpc) is 2.73. The SMILES string of the molecule is CC(C)C(NC1CCCCCC1)(C(=O)O)c1ccccc1. The van der Waals surface area contributed by atoms with E-state index in [1.807, 2.05) is 44.2 Å². The minimum atomic E-state index is -0.990. The molecule has 3 nitrogen and oxygen atoms in total.